The highest BCUT2D eigenvalue weighted by Gasteiger charge is 1.94. The van der Waals surface area contributed by atoms with Crippen molar-refractivity contribution in [3.63, 3.8) is 0 Å². The fourth-order valence-electron chi connectivity index (χ4n) is 0.993. The summed E-state index contributed by atoms with van der Waals surface area (Å²) < 4.78 is 0. The van der Waals surface area contributed by atoms with Crippen LogP contribution in [0.25, 0.3) is 0 Å². The molecule has 0 bridgehead atoms. The van der Waals surface area contributed by atoms with Gasteiger partial charge in [0.15, 0.2) is 0 Å². The summed E-state index contributed by atoms with van der Waals surface area (Å²) >= 11 is 0. The molecule has 1 atom stereocenters. The van der Waals surface area contributed by atoms with E-state index in [1.165, 1.54) is 0 Å². The molecule has 0 saturated heterocycles. The molecular weight excluding hydrogens is 176 g/mol. The Morgan fingerprint density at radius 3 is 1.86 bits per heavy atom. The van der Waals surface area contributed by atoms with Gasteiger partial charge in [0.2, 0.25) is 0 Å². The molecule has 2 heteroatoms. The van der Waals surface area contributed by atoms with E-state index in [2.05, 4.69) is 6.92 Å². The molecule has 86 valence electrons. The highest BCUT2D eigenvalue weighted by Crippen LogP contribution is 1.98. The Bertz CT molecular complexity index is 121. The molecule has 0 aliphatic heterocycles. The Hall–Kier alpha value is -0.370. The Morgan fingerprint density at radius 2 is 1.71 bits per heavy atom. The lowest BCUT2D eigenvalue weighted by atomic mass is 10.2. The van der Waals surface area contributed by atoms with Gasteiger partial charge in [0.25, 0.3) is 0 Å². The summed E-state index contributed by atoms with van der Waals surface area (Å²) in [6, 6.07) is 0. The minimum atomic E-state index is -0.0509. The predicted octanol–water partition coefficient (Wildman–Crippen LogP) is 3.32. The van der Waals surface area contributed by atoms with Crippen LogP contribution < -0.4 is 0 Å². The maximum Gasteiger partial charge on any atom is 0.132 e. The highest BCUT2D eigenvalue weighted by atomic mass is 16.3. The highest BCUT2D eigenvalue weighted by molar-refractivity contribution is 5.77. The Balaban J connectivity index is 0. The van der Waals surface area contributed by atoms with Gasteiger partial charge in [-0.25, -0.2) is 0 Å². The summed E-state index contributed by atoms with van der Waals surface area (Å²) in [7, 11) is 0. The maximum absolute atomic E-state index is 10.4. The van der Waals surface area contributed by atoms with Crippen LogP contribution in [0.3, 0.4) is 0 Å². The molecule has 0 aromatic rings. The van der Waals surface area contributed by atoms with Crippen molar-refractivity contribution in [2.45, 2.75) is 72.3 Å². The summed E-state index contributed by atoms with van der Waals surface area (Å²) in [5, 5.41) is 8.86. The van der Waals surface area contributed by atoms with Crippen LogP contribution in [-0.4, -0.2) is 17.0 Å². The topological polar surface area (TPSA) is 37.3 Å². The van der Waals surface area contributed by atoms with Crippen molar-refractivity contribution < 1.29 is 9.90 Å². The first-order valence-corrected chi connectivity index (χ1v) is 5.81. The van der Waals surface area contributed by atoms with Crippen molar-refractivity contribution in [3.8, 4) is 0 Å². The lowest BCUT2D eigenvalue weighted by molar-refractivity contribution is -0.118. The third kappa shape index (κ3) is 14.2. The van der Waals surface area contributed by atoms with Gasteiger partial charge in [-0.15, -0.1) is 0 Å². The number of hydrogen-bond donors (Lipinski definition) is 1. The van der Waals surface area contributed by atoms with Crippen LogP contribution in [-0.2, 0) is 4.79 Å². The number of carbonyl (C=O) groups excluding carboxylic acids is 1. The lowest BCUT2D eigenvalue weighted by Gasteiger charge is -2.01. The van der Waals surface area contributed by atoms with E-state index in [1.807, 2.05) is 20.8 Å². The van der Waals surface area contributed by atoms with E-state index in [4.69, 9.17) is 5.11 Å². The Morgan fingerprint density at radius 1 is 1.14 bits per heavy atom. The first kappa shape index (κ1) is 16.1. The maximum atomic E-state index is 10.4. The minimum absolute atomic E-state index is 0.0509. The largest absolute Gasteiger partial charge is 0.393 e. The molecule has 0 aliphatic rings. The van der Waals surface area contributed by atoms with Crippen molar-refractivity contribution in [3.05, 3.63) is 0 Å². The zero-order valence-electron chi connectivity index (χ0n) is 10.2. The molecule has 0 amide bonds. The van der Waals surface area contributed by atoms with Gasteiger partial charge in [-0.3, -0.25) is 4.79 Å². The van der Waals surface area contributed by atoms with Crippen molar-refractivity contribution in [2.75, 3.05) is 0 Å². The number of hydrogen-bond acceptors (Lipinski definition) is 2. The number of rotatable bonds is 6. The standard InChI is InChI=1S/C6H14O.C6H12O/c2*1-3-5-6(7)4-2/h6-7H,3-5H2,1-2H3;3-5H2,1-2H3/t6-;/m0./s1. The van der Waals surface area contributed by atoms with Crippen LogP contribution in [0.15, 0.2) is 0 Å². The van der Waals surface area contributed by atoms with E-state index in [0.29, 0.717) is 12.2 Å². The van der Waals surface area contributed by atoms with Crippen molar-refractivity contribution in [2.24, 2.45) is 0 Å². The summed E-state index contributed by atoms with van der Waals surface area (Å²) in [6.45, 7) is 8.00. The first-order valence-electron chi connectivity index (χ1n) is 5.81. The average molecular weight is 202 g/mol. The van der Waals surface area contributed by atoms with E-state index in [0.717, 1.165) is 32.1 Å². The van der Waals surface area contributed by atoms with E-state index in [-0.39, 0.29) is 6.10 Å². The van der Waals surface area contributed by atoms with E-state index >= 15 is 0 Å². The van der Waals surface area contributed by atoms with Crippen LogP contribution in [0.4, 0.5) is 0 Å². The van der Waals surface area contributed by atoms with Crippen LogP contribution in [0.1, 0.15) is 66.2 Å². The third-order valence-corrected chi connectivity index (χ3v) is 2.02. The smallest absolute Gasteiger partial charge is 0.132 e. The summed E-state index contributed by atoms with van der Waals surface area (Å²) in [5.74, 6) is 0.377. The van der Waals surface area contributed by atoms with Gasteiger partial charge < -0.3 is 5.11 Å². The molecule has 0 aromatic heterocycles. The van der Waals surface area contributed by atoms with Crippen molar-refractivity contribution >= 4 is 5.78 Å². The van der Waals surface area contributed by atoms with Crippen LogP contribution in [0, 0.1) is 0 Å². The molecule has 0 saturated carbocycles. The molecule has 0 spiro atoms. The number of carbonyl (C=O) groups is 1. The minimum Gasteiger partial charge on any atom is -0.393 e. The van der Waals surface area contributed by atoms with Crippen LogP contribution >= 0.6 is 0 Å². The van der Waals surface area contributed by atoms with Gasteiger partial charge in [0.1, 0.15) is 5.78 Å². The second-order valence-corrected chi connectivity index (χ2v) is 3.49. The summed E-state index contributed by atoms with van der Waals surface area (Å²) in [4.78, 5) is 10.4. The molecule has 2 nitrogen and oxygen atoms in total. The van der Waals surface area contributed by atoms with Crippen LogP contribution in [0.2, 0.25) is 0 Å². The third-order valence-electron chi connectivity index (χ3n) is 2.02. The molecule has 0 aromatic carbocycles. The number of Topliss-reactive ketones (excluding diaryl/α,β-unsaturated/α-hetero) is 1. The fourth-order valence-corrected chi connectivity index (χ4v) is 0.993. The van der Waals surface area contributed by atoms with Gasteiger partial charge in [-0.1, -0.05) is 34.1 Å². The summed E-state index contributed by atoms with van der Waals surface area (Å²) in [6.07, 6.45) is 5.35. The predicted molar refractivity (Wildman–Crippen MR) is 61.4 cm³/mol. The van der Waals surface area contributed by atoms with Gasteiger partial charge in [-0.05, 0) is 19.3 Å². The van der Waals surface area contributed by atoms with E-state index in [9.17, 15) is 4.79 Å². The van der Waals surface area contributed by atoms with Gasteiger partial charge >= 0.3 is 0 Å². The summed E-state index contributed by atoms with van der Waals surface area (Å²) in [5.41, 5.74) is 0. The van der Waals surface area contributed by atoms with Gasteiger partial charge in [-0.2, -0.15) is 0 Å². The normalized spacial score (nSPS) is 11.5. The zero-order chi connectivity index (χ0) is 11.4. The molecular formula is C12H26O2. The second-order valence-electron chi connectivity index (χ2n) is 3.49. The van der Waals surface area contributed by atoms with Crippen molar-refractivity contribution in [1.82, 2.24) is 0 Å². The molecule has 1 N–H and O–H groups in total. The molecule has 0 fully saturated rings. The zero-order valence-corrected chi connectivity index (χ0v) is 10.2. The lowest BCUT2D eigenvalue weighted by Crippen LogP contribution is -2.01. The van der Waals surface area contributed by atoms with E-state index in [1.54, 1.807) is 0 Å². The molecule has 0 heterocycles. The SMILES string of the molecule is CCCC(=O)CC.CCC[C@@H](O)CC. The number of aliphatic hydroxyl groups excluding tert-OH is 1. The van der Waals surface area contributed by atoms with Crippen LogP contribution in [0.5, 0.6) is 0 Å². The molecule has 0 radical (unpaired) electrons. The quantitative estimate of drug-likeness (QED) is 0.717. The van der Waals surface area contributed by atoms with E-state index < -0.39 is 0 Å². The van der Waals surface area contributed by atoms with Gasteiger partial charge in [0, 0.05) is 12.8 Å². The second kappa shape index (κ2) is 12.6. The fraction of sp³-hybridized carbons (Fsp3) is 0.917. The number of ketones is 1. The van der Waals surface area contributed by atoms with Crippen molar-refractivity contribution in [1.29, 1.82) is 0 Å². The average Bonchev–Trinajstić information content (AvgIpc) is 2.19. The molecule has 0 rings (SSSR count). The molecule has 0 unspecified atom stereocenters. The molecule has 14 heavy (non-hydrogen) atoms. The Labute approximate surface area is 88.7 Å². The number of aliphatic hydroxyl groups is 1. The first-order chi connectivity index (χ1) is 6.62. The van der Waals surface area contributed by atoms with Gasteiger partial charge in [0.05, 0.1) is 6.10 Å². The monoisotopic (exact) mass is 202 g/mol. The molecule has 0 aliphatic carbocycles. The Kier molecular flexibility index (Phi) is 14.5.